The lowest BCUT2D eigenvalue weighted by atomic mass is 9.68. The third kappa shape index (κ3) is 1.73. The van der Waals surface area contributed by atoms with Crippen molar-refractivity contribution in [3.8, 4) is 0 Å². The van der Waals surface area contributed by atoms with Crippen molar-refractivity contribution < 1.29 is 9.59 Å². The minimum absolute atomic E-state index is 0.0449. The second kappa shape index (κ2) is 4.41. The molecule has 108 valence electrons. The summed E-state index contributed by atoms with van der Waals surface area (Å²) >= 11 is 0. The zero-order chi connectivity index (χ0) is 14.6. The van der Waals surface area contributed by atoms with Gasteiger partial charge in [0.25, 0.3) is 0 Å². The second-order valence-electron chi connectivity index (χ2n) is 5.92. The van der Waals surface area contributed by atoms with Gasteiger partial charge in [-0.25, -0.2) is 5.43 Å². The zero-order valence-corrected chi connectivity index (χ0v) is 11.9. The number of nitrogens with one attached hydrogen (secondary N) is 1. The molecule has 1 fully saturated rings. The van der Waals surface area contributed by atoms with E-state index in [9.17, 15) is 9.59 Å². The third-order valence-electron chi connectivity index (χ3n) is 4.87. The highest BCUT2D eigenvalue weighted by Gasteiger charge is 2.43. The predicted octanol–water partition coefficient (Wildman–Crippen LogP) is 1.46. The van der Waals surface area contributed by atoms with Crippen molar-refractivity contribution in [3.63, 3.8) is 0 Å². The molecule has 1 aliphatic carbocycles. The number of fused-ring (bicyclic) bond motifs is 2. The molecule has 1 N–H and O–H groups in total. The van der Waals surface area contributed by atoms with Crippen LogP contribution in [0.2, 0.25) is 0 Å². The first-order chi connectivity index (χ1) is 10.2. The number of carbonyl (C=O) groups is 2. The summed E-state index contributed by atoms with van der Waals surface area (Å²) in [5.74, 6) is 0.532. The number of nitrogens with zero attached hydrogens (tertiary/aromatic N) is 2. The monoisotopic (exact) mass is 283 g/mol. The Balaban J connectivity index is 1.71. The molecular formula is C16H17N3O2. The Morgan fingerprint density at radius 1 is 1.29 bits per heavy atom. The number of hydrazone groups is 1. The first-order valence-corrected chi connectivity index (χ1v) is 7.50. The van der Waals surface area contributed by atoms with Crippen LogP contribution < -0.4 is 10.3 Å². The van der Waals surface area contributed by atoms with E-state index in [1.807, 2.05) is 24.0 Å². The molecular weight excluding hydrogens is 266 g/mol. The highest BCUT2D eigenvalue weighted by Crippen LogP contribution is 2.40. The Morgan fingerprint density at radius 2 is 2.10 bits per heavy atom. The molecule has 3 aliphatic rings. The average molecular weight is 283 g/mol. The molecule has 1 saturated carbocycles. The van der Waals surface area contributed by atoms with Crippen molar-refractivity contribution >= 4 is 23.2 Å². The minimum Gasteiger partial charge on any atom is -0.312 e. The summed E-state index contributed by atoms with van der Waals surface area (Å²) in [6, 6.07) is 6.09. The van der Waals surface area contributed by atoms with E-state index in [0.29, 0.717) is 13.0 Å². The van der Waals surface area contributed by atoms with Crippen LogP contribution in [0.5, 0.6) is 0 Å². The van der Waals surface area contributed by atoms with Crippen LogP contribution in [0.4, 0.5) is 5.69 Å². The molecule has 0 saturated heterocycles. The summed E-state index contributed by atoms with van der Waals surface area (Å²) in [5.41, 5.74) is 6.71. The average Bonchev–Trinajstić information content (AvgIpc) is 2.74. The van der Waals surface area contributed by atoms with Crippen LogP contribution in [0.3, 0.4) is 0 Å². The Bertz CT molecular complexity index is 680. The van der Waals surface area contributed by atoms with E-state index in [2.05, 4.69) is 16.6 Å². The molecule has 1 aromatic rings. The lowest BCUT2D eigenvalue weighted by Gasteiger charge is -2.38. The molecule has 21 heavy (non-hydrogen) atoms. The van der Waals surface area contributed by atoms with E-state index in [4.69, 9.17) is 0 Å². The molecule has 5 nitrogen and oxygen atoms in total. The summed E-state index contributed by atoms with van der Waals surface area (Å²) in [4.78, 5) is 25.4. The van der Waals surface area contributed by atoms with Gasteiger partial charge < -0.3 is 4.90 Å². The Kier molecular flexibility index (Phi) is 2.64. The first kappa shape index (κ1) is 12.6. The molecule has 2 atom stereocenters. The van der Waals surface area contributed by atoms with Crippen LogP contribution in [0, 0.1) is 11.8 Å². The zero-order valence-electron chi connectivity index (χ0n) is 11.9. The van der Waals surface area contributed by atoms with Crippen LogP contribution in [-0.4, -0.2) is 24.1 Å². The van der Waals surface area contributed by atoms with Crippen molar-refractivity contribution in [1.29, 1.82) is 0 Å². The van der Waals surface area contributed by atoms with Crippen LogP contribution in [0.15, 0.2) is 23.3 Å². The van der Waals surface area contributed by atoms with Gasteiger partial charge in [-0.15, -0.1) is 0 Å². The Morgan fingerprint density at radius 3 is 2.81 bits per heavy atom. The molecule has 2 aliphatic heterocycles. The van der Waals surface area contributed by atoms with Gasteiger partial charge in [-0.1, -0.05) is 6.07 Å². The second-order valence-corrected chi connectivity index (χ2v) is 5.92. The predicted molar refractivity (Wildman–Crippen MR) is 79.1 cm³/mol. The smallest absolute Gasteiger partial charge is 0.243 e. The van der Waals surface area contributed by atoms with Gasteiger partial charge in [0.1, 0.15) is 0 Å². The number of hydrogen-bond donors (Lipinski definition) is 1. The molecule has 4 rings (SSSR count). The number of rotatable bonds is 2. The Labute approximate surface area is 123 Å². The number of amides is 2. The van der Waals surface area contributed by atoms with Gasteiger partial charge in [0.15, 0.2) is 0 Å². The fourth-order valence-corrected chi connectivity index (χ4v) is 3.59. The lowest BCUT2D eigenvalue weighted by Crippen LogP contribution is -2.47. The van der Waals surface area contributed by atoms with Gasteiger partial charge in [-0.05, 0) is 43.0 Å². The normalized spacial score (nSPS) is 26.7. The van der Waals surface area contributed by atoms with Gasteiger partial charge in [-0.3, -0.25) is 9.59 Å². The van der Waals surface area contributed by atoms with Crippen LogP contribution >= 0.6 is 0 Å². The van der Waals surface area contributed by atoms with Crippen LogP contribution in [0.25, 0.3) is 0 Å². The van der Waals surface area contributed by atoms with Gasteiger partial charge >= 0.3 is 0 Å². The van der Waals surface area contributed by atoms with Crippen molar-refractivity contribution in [2.45, 2.75) is 26.2 Å². The highest BCUT2D eigenvalue weighted by molar-refractivity contribution is 6.09. The SMILES string of the molecule is CCN1C(=O)Cc2cc(C3=NNC(=O)C4CCC34)ccc21. The highest BCUT2D eigenvalue weighted by atomic mass is 16.2. The maximum Gasteiger partial charge on any atom is 0.243 e. The van der Waals surface area contributed by atoms with Gasteiger partial charge in [-0.2, -0.15) is 5.10 Å². The van der Waals surface area contributed by atoms with E-state index in [1.54, 1.807) is 0 Å². The standard InChI is InChI=1S/C16H17N3O2/c1-2-19-13-6-3-9(7-10(13)8-14(19)20)15-11-4-5-12(11)16(21)18-17-15/h3,6-7,11-12H,2,4-5,8H2,1H3,(H,18,21). The molecule has 2 unspecified atom stereocenters. The summed E-state index contributed by atoms with van der Waals surface area (Å²) in [6.07, 6.45) is 2.43. The molecule has 2 heterocycles. The molecule has 0 bridgehead atoms. The van der Waals surface area contributed by atoms with Gasteiger partial charge in [0, 0.05) is 24.1 Å². The van der Waals surface area contributed by atoms with E-state index >= 15 is 0 Å². The fraction of sp³-hybridized carbons (Fsp3) is 0.438. The van der Waals surface area contributed by atoms with E-state index in [-0.39, 0.29) is 23.7 Å². The molecule has 0 spiro atoms. The summed E-state index contributed by atoms with van der Waals surface area (Å²) in [7, 11) is 0. The largest absolute Gasteiger partial charge is 0.312 e. The number of carbonyl (C=O) groups excluding carboxylic acids is 2. The maximum atomic E-state index is 12.0. The van der Waals surface area contributed by atoms with E-state index in [1.165, 1.54) is 0 Å². The summed E-state index contributed by atoms with van der Waals surface area (Å²) in [6.45, 7) is 2.69. The van der Waals surface area contributed by atoms with Crippen molar-refractivity contribution in [2.75, 3.05) is 11.4 Å². The quantitative estimate of drug-likeness (QED) is 0.893. The van der Waals surface area contributed by atoms with E-state index in [0.717, 1.165) is 35.4 Å². The van der Waals surface area contributed by atoms with Crippen LogP contribution in [-0.2, 0) is 16.0 Å². The van der Waals surface area contributed by atoms with Crippen molar-refractivity contribution in [2.24, 2.45) is 16.9 Å². The number of benzene rings is 1. The number of anilines is 1. The van der Waals surface area contributed by atoms with E-state index < -0.39 is 0 Å². The summed E-state index contributed by atoms with van der Waals surface area (Å²) < 4.78 is 0. The topological polar surface area (TPSA) is 61.8 Å². The van der Waals surface area contributed by atoms with Crippen molar-refractivity contribution in [1.82, 2.24) is 5.43 Å². The van der Waals surface area contributed by atoms with Crippen molar-refractivity contribution in [3.05, 3.63) is 29.3 Å². The molecule has 0 aromatic heterocycles. The lowest BCUT2D eigenvalue weighted by molar-refractivity contribution is -0.129. The molecule has 2 amide bonds. The van der Waals surface area contributed by atoms with Crippen LogP contribution in [0.1, 0.15) is 30.9 Å². The first-order valence-electron chi connectivity index (χ1n) is 7.50. The third-order valence-corrected chi connectivity index (χ3v) is 4.87. The fourth-order valence-electron chi connectivity index (χ4n) is 3.59. The van der Waals surface area contributed by atoms with Gasteiger partial charge in [0.05, 0.1) is 12.1 Å². The Hall–Kier alpha value is -2.17. The number of likely N-dealkylation sites (N-methyl/N-ethyl adjacent to an activating group) is 1. The molecule has 5 heteroatoms. The molecule has 1 aromatic carbocycles. The maximum absolute atomic E-state index is 12.0. The minimum atomic E-state index is 0.0449. The summed E-state index contributed by atoms with van der Waals surface area (Å²) in [5, 5.41) is 4.27. The molecule has 0 radical (unpaired) electrons. The number of hydrogen-bond acceptors (Lipinski definition) is 3. The van der Waals surface area contributed by atoms with Gasteiger partial charge in [0.2, 0.25) is 11.8 Å².